The van der Waals surface area contributed by atoms with Gasteiger partial charge in [0.05, 0.1) is 11.1 Å². The van der Waals surface area contributed by atoms with E-state index >= 15 is 0 Å². The number of hydrogen-bond donors (Lipinski definition) is 2. The van der Waals surface area contributed by atoms with Crippen molar-refractivity contribution >= 4 is 50.8 Å². The van der Waals surface area contributed by atoms with Crippen LogP contribution in [0, 0.1) is 5.82 Å². The van der Waals surface area contributed by atoms with Gasteiger partial charge in [0.25, 0.3) is 11.8 Å². The Kier molecular flexibility index (Phi) is 7.02. The molecule has 2 N–H and O–H groups in total. The van der Waals surface area contributed by atoms with Gasteiger partial charge in [-0.15, -0.1) is 11.3 Å². The second kappa shape index (κ2) is 9.69. The van der Waals surface area contributed by atoms with E-state index in [9.17, 15) is 18.8 Å². The van der Waals surface area contributed by atoms with Crippen LogP contribution in [0.15, 0.2) is 48.5 Å². The molecule has 0 bridgehead atoms. The van der Waals surface area contributed by atoms with Crippen LogP contribution in [0.4, 0.5) is 4.39 Å². The molecule has 156 valence electrons. The van der Waals surface area contributed by atoms with Crippen LogP contribution in [0.25, 0.3) is 10.1 Å². The highest BCUT2D eigenvalue weighted by molar-refractivity contribution is 7.21. The van der Waals surface area contributed by atoms with Crippen molar-refractivity contribution in [2.45, 2.75) is 13.0 Å². The predicted molar refractivity (Wildman–Crippen MR) is 113 cm³/mol. The molecule has 1 aromatic heterocycles. The molecule has 0 saturated heterocycles. The third kappa shape index (κ3) is 5.34. The number of fused-ring (bicyclic) bond motifs is 1. The Labute approximate surface area is 181 Å². The van der Waals surface area contributed by atoms with E-state index < -0.39 is 30.9 Å². The molecule has 2 amide bonds. The minimum Gasteiger partial charge on any atom is -0.454 e. The molecule has 30 heavy (non-hydrogen) atoms. The van der Waals surface area contributed by atoms with Gasteiger partial charge in [0.1, 0.15) is 17.2 Å². The molecule has 3 rings (SSSR count). The summed E-state index contributed by atoms with van der Waals surface area (Å²) in [5.41, 5.74) is 0.712. The fourth-order valence-electron chi connectivity index (χ4n) is 2.71. The fraction of sp³-hybridized carbons (Fsp3) is 0.190. The van der Waals surface area contributed by atoms with Gasteiger partial charge in [0.2, 0.25) is 0 Å². The molecule has 1 unspecified atom stereocenters. The minimum absolute atomic E-state index is 0.302. The quantitative estimate of drug-likeness (QED) is 0.538. The molecular formula is C21H18ClFN2O4S. The topological polar surface area (TPSA) is 84.5 Å². The summed E-state index contributed by atoms with van der Waals surface area (Å²) >= 11 is 7.46. The lowest BCUT2D eigenvalue weighted by Gasteiger charge is -2.14. The smallest absolute Gasteiger partial charge is 0.325 e. The van der Waals surface area contributed by atoms with E-state index in [-0.39, 0.29) is 11.9 Å². The monoisotopic (exact) mass is 448 g/mol. The number of carbonyl (C=O) groups excluding carboxylic acids is 3. The number of hydrogen-bond acceptors (Lipinski definition) is 5. The second-order valence-corrected chi connectivity index (χ2v) is 7.86. The highest BCUT2D eigenvalue weighted by atomic mass is 35.5. The van der Waals surface area contributed by atoms with E-state index in [1.54, 1.807) is 19.1 Å². The van der Waals surface area contributed by atoms with Crippen molar-refractivity contribution in [3.63, 3.8) is 0 Å². The van der Waals surface area contributed by atoms with Crippen LogP contribution in [-0.4, -0.2) is 30.9 Å². The Balaban J connectivity index is 1.45. The normalized spacial score (nSPS) is 11.7. The third-order valence-corrected chi connectivity index (χ3v) is 5.92. The molecule has 9 heteroatoms. The van der Waals surface area contributed by atoms with Crippen LogP contribution < -0.4 is 10.6 Å². The van der Waals surface area contributed by atoms with Crippen LogP contribution in [0.5, 0.6) is 0 Å². The Morgan fingerprint density at radius 2 is 1.83 bits per heavy atom. The summed E-state index contributed by atoms with van der Waals surface area (Å²) < 4.78 is 18.7. The third-order valence-electron chi connectivity index (χ3n) is 4.25. The van der Waals surface area contributed by atoms with Crippen LogP contribution in [0.2, 0.25) is 5.02 Å². The lowest BCUT2D eigenvalue weighted by atomic mass is 10.1. The van der Waals surface area contributed by atoms with E-state index in [1.165, 1.54) is 23.5 Å². The number of thiophene rings is 1. The highest BCUT2D eigenvalue weighted by Gasteiger charge is 2.18. The first kappa shape index (κ1) is 21.7. The van der Waals surface area contributed by atoms with Gasteiger partial charge in [-0.1, -0.05) is 41.9 Å². The highest BCUT2D eigenvalue weighted by Crippen LogP contribution is 2.34. The molecule has 1 heterocycles. The summed E-state index contributed by atoms with van der Waals surface area (Å²) in [5.74, 6) is -2.14. The van der Waals surface area contributed by atoms with E-state index in [0.29, 0.717) is 15.5 Å². The number of esters is 1. The molecule has 0 aliphatic heterocycles. The first-order chi connectivity index (χ1) is 14.3. The molecule has 1 atom stereocenters. The molecule has 0 saturated carbocycles. The molecule has 3 aromatic rings. The van der Waals surface area contributed by atoms with Gasteiger partial charge in [-0.2, -0.15) is 0 Å². The molecule has 0 spiro atoms. The first-order valence-electron chi connectivity index (χ1n) is 9.01. The van der Waals surface area contributed by atoms with Crippen LogP contribution in [-0.2, 0) is 14.3 Å². The van der Waals surface area contributed by atoms with E-state index in [2.05, 4.69) is 10.6 Å². The summed E-state index contributed by atoms with van der Waals surface area (Å²) in [5, 5.41) is 6.18. The van der Waals surface area contributed by atoms with Crippen molar-refractivity contribution in [2.75, 3.05) is 13.2 Å². The summed E-state index contributed by atoms with van der Waals surface area (Å²) in [4.78, 5) is 36.4. The number of amides is 2. The average Bonchev–Trinajstić information content (AvgIpc) is 3.08. The zero-order chi connectivity index (χ0) is 21.7. The Bertz CT molecular complexity index is 1080. The summed E-state index contributed by atoms with van der Waals surface area (Å²) in [6, 6.07) is 12.6. The van der Waals surface area contributed by atoms with Gasteiger partial charge >= 0.3 is 5.97 Å². The number of rotatable bonds is 7. The van der Waals surface area contributed by atoms with Crippen molar-refractivity contribution in [2.24, 2.45) is 0 Å². The van der Waals surface area contributed by atoms with E-state index in [1.807, 2.05) is 24.3 Å². The molecule has 0 aliphatic carbocycles. The maximum Gasteiger partial charge on any atom is 0.325 e. The van der Waals surface area contributed by atoms with E-state index in [0.717, 1.165) is 10.1 Å². The fourth-order valence-corrected chi connectivity index (χ4v) is 4.14. The van der Waals surface area contributed by atoms with E-state index in [4.69, 9.17) is 16.3 Å². The zero-order valence-corrected chi connectivity index (χ0v) is 17.5. The molecular weight excluding hydrogens is 431 g/mol. The van der Waals surface area contributed by atoms with Crippen LogP contribution >= 0.6 is 22.9 Å². The van der Waals surface area contributed by atoms with Gasteiger partial charge in [0.15, 0.2) is 6.61 Å². The Hall–Kier alpha value is -2.97. The van der Waals surface area contributed by atoms with Crippen LogP contribution in [0.1, 0.15) is 28.2 Å². The number of carbonyl (C=O) groups is 3. The van der Waals surface area contributed by atoms with Gasteiger partial charge in [-0.05, 0) is 30.7 Å². The van der Waals surface area contributed by atoms with Crippen molar-refractivity contribution in [3.05, 3.63) is 69.8 Å². The number of ether oxygens (including phenoxy) is 1. The van der Waals surface area contributed by atoms with Gasteiger partial charge in [-0.3, -0.25) is 14.4 Å². The van der Waals surface area contributed by atoms with Crippen molar-refractivity contribution < 1.29 is 23.5 Å². The average molecular weight is 449 g/mol. The van der Waals surface area contributed by atoms with Gasteiger partial charge in [0, 0.05) is 10.1 Å². The Morgan fingerprint density at radius 3 is 2.53 bits per heavy atom. The van der Waals surface area contributed by atoms with Crippen LogP contribution in [0.3, 0.4) is 0 Å². The SMILES string of the molecule is CC(NC(=O)COC(=O)CNC(=O)c1sc2ccccc2c1Cl)c1ccc(F)cc1. The number of nitrogens with one attached hydrogen (secondary N) is 2. The second-order valence-electron chi connectivity index (χ2n) is 6.43. The minimum atomic E-state index is -0.759. The molecule has 0 aliphatic rings. The first-order valence-corrected chi connectivity index (χ1v) is 10.2. The van der Waals surface area contributed by atoms with Crippen molar-refractivity contribution in [3.8, 4) is 0 Å². The zero-order valence-electron chi connectivity index (χ0n) is 15.9. The van der Waals surface area contributed by atoms with Crippen molar-refractivity contribution in [1.29, 1.82) is 0 Å². The summed E-state index contributed by atoms with van der Waals surface area (Å²) in [7, 11) is 0. The molecule has 0 radical (unpaired) electrons. The molecule has 2 aromatic carbocycles. The predicted octanol–water partition coefficient (Wildman–Crippen LogP) is 3.84. The molecule has 0 fully saturated rings. The number of halogens is 2. The maximum atomic E-state index is 13.0. The standard InChI is InChI=1S/C21H18ClFN2O4S/c1-12(13-6-8-14(23)9-7-13)25-17(26)11-29-18(27)10-24-21(28)20-19(22)15-4-2-3-5-16(15)30-20/h2-9,12H,10-11H2,1H3,(H,24,28)(H,25,26). The Morgan fingerprint density at radius 1 is 1.13 bits per heavy atom. The number of benzene rings is 2. The lowest BCUT2D eigenvalue weighted by Crippen LogP contribution is -2.34. The maximum absolute atomic E-state index is 13.0. The summed E-state index contributed by atoms with van der Waals surface area (Å²) in [6.07, 6.45) is 0. The summed E-state index contributed by atoms with van der Waals surface area (Å²) in [6.45, 7) is 0.829. The van der Waals surface area contributed by atoms with Gasteiger partial charge in [-0.25, -0.2) is 4.39 Å². The van der Waals surface area contributed by atoms with Crippen molar-refractivity contribution in [1.82, 2.24) is 10.6 Å². The lowest BCUT2D eigenvalue weighted by molar-refractivity contribution is -0.147. The molecule has 6 nitrogen and oxygen atoms in total. The van der Waals surface area contributed by atoms with Gasteiger partial charge < -0.3 is 15.4 Å². The largest absolute Gasteiger partial charge is 0.454 e.